The summed E-state index contributed by atoms with van der Waals surface area (Å²) < 4.78 is 5.75. The van der Waals surface area contributed by atoms with Crippen molar-refractivity contribution in [2.24, 2.45) is 11.8 Å². The number of carbonyl (C=O) groups is 1. The van der Waals surface area contributed by atoms with Crippen LogP contribution in [0.25, 0.3) is 0 Å². The summed E-state index contributed by atoms with van der Waals surface area (Å²) in [4.78, 5) is 11.7. The normalized spacial score (nSPS) is 21.8. The average Bonchev–Trinajstić information content (AvgIpc) is 2.29. The van der Waals surface area contributed by atoms with Crippen LogP contribution in [-0.4, -0.2) is 11.6 Å². The first kappa shape index (κ1) is 13.5. The van der Waals surface area contributed by atoms with Crippen LogP contribution >= 0.6 is 0 Å². The lowest BCUT2D eigenvalue weighted by Crippen LogP contribution is -2.41. The summed E-state index contributed by atoms with van der Waals surface area (Å²) in [7, 11) is 0. The molecule has 0 bridgehead atoms. The van der Waals surface area contributed by atoms with E-state index in [-0.39, 0.29) is 17.5 Å². The highest BCUT2D eigenvalue weighted by Gasteiger charge is 2.37. The molecule has 1 aliphatic rings. The van der Waals surface area contributed by atoms with E-state index in [9.17, 15) is 4.79 Å². The quantitative estimate of drug-likeness (QED) is 0.679. The zero-order valence-corrected chi connectivity index (χ0v) is 11.2. The fraction of sp³-hybridized carbons (Fsp3) is 0.929. The summed E-state index contributed by atoms with van der Waals surface area (Å²) in [6.07, 6.45) is 7.29. The molecule has 0 aromatic heterocycles. The molecule has 0 saturated heterocycles. The summed E-state index contributed by atoms with van der Waals surface area (Å²) in [6, 6.07) is 0. The minimum atomic E-state index is -0.234. The Morgan fingerprint density at radius 2 is 1.88 bits per heavy atom. The van der Waals surface area contributed by atoms with E-state index in [0.717, 1.165) is 6.42 Å². The van der Waals surface area contributed by atoms with Crippen molar-refractivity contribution in [2.45, 2.75) is 71.8 Å². The Balaban J connectivity index is 2.64. The van der Waals surface area contributed by atoms with Crippen molar-refractivity contribution in [3.63, 3.8) is 0 Å². The number of carbonyl (C=O) groups excluding carboxylic acids is 1. The molecule has 0 N–H and O–H groups in total. The molecule has 1 aliphatic carbocycles. The van der Waals surface area contributed by atoms with Gasteiger partial charge in [0.15, 0.2) is 0 Å². The Hall–Kier alpha value is -0.530. The van der Waals surface area contributed by atoms with E-state index in [1.165, 1.54) is 32.1 Å². The molecule has 0 spiro atoms. The fourth-order valence-electron chi connectivity index (χ4n) is 2.51. The number of ether oxygens (including phenoxy) is 1. The van der Waals surface area contributed by atoms with Crippen molar-refractivity contribution in [3.8, 4) is 0 Å². The van der Waals surface area contributed by atoms with E-state index in [1.54, 1.807) is 0 Å². The fourth-order valence-corrected chi connectivity index (χ4v) is 2.51. The monoisotopic (exact) mass is 226 g/mol. The average molecular weight is 226 g/mol. The van der Waals surface area contributed by atoms with Crippen LogP contribution in [0.3, 0.4) is 0 Å². The molecule has 0 amide bonds. The predicted octanol–water partition coefficient (Wildman–Crippen LogP) is 3.93. The van der Waals surface area contributed by atoms with Crippen molar-refractivity contribution < 1.29 is 9.53 Å². The first-order chi connectivity index (χ1) is 7.49. The Bertz CT molecular complexity index is 229. The molecule has 2 nitrogen and oxygen atoms in total. The number of hydrogen-bond donors (Lipinski definition) is 0. The smallest absolute Gasteiger partial charge is 0.308 e. The van der Waals surface area contributed by atoms with Gasteiger partial charge in [0, 0.05) is 0 Å². The second-order valence-electron chi connectivity index (χ2n) is 5.58. The number of rotatable bonds is 4. The Morgan fingerprint density at radius 1 is 1.31 bits per heavy atom. The lowest BCUT2D eigenvalue weighted by molar-refractivity contribution is -0.170. The van der Waals surface area contributed by atoms with Gasteiger partial charge in [0.05, 0.1) is 5.92 Å². The van der Waals surface area contributed by atoms with Gasteiger partial charge in [0.2, 0.25) is 0 Å². The highest BCUT2D eigenvalue weighted by Crippen LogP contribution is 2.37. The second kappa shape index (κ2) is 5.70. The van der Waals surface area contributed by atoms with E-state index in [4.69, 9.17) is 4.74 Å². The standard InChI is InChI=1S/C14H26O2/c1-5-14(4,16-13(15)11(2)3)12-9-7-6-8-10-12/h11-12H,5-10H2,1-4H3. The first-order valence-electron chi connectivity index (χ1n) is 6.72. The highest BCUT2D eigenvalue weighted by molar-refractivity contribution is 5.72. The molecule has 2 heteroatoms. The van der Waals surface area contributed by atoms with Crippen molar-refractivity contribution >= 4 is 5.97 Å². The van der Waals surface area contributed by atoms with Gasteiger partial charge in [-0.3, -0.25) is 4.79 Å². The van der Waals surface area contributed by atoms with Gasteiger partial charge in [0.1, 0.15) is 5.60 Å². The second-order valence-corrected chi connectivity index (χ2v) is 5.58. The van der Waals surface area contributed by atoms with E-state index in [1.807, 2.05) is 13.8 Å². The molecule has 1 unspecified atom stereocenters. The van der Waals surface area contributed by atoms with Crippen LogP contribution in [0.4, 0.5) is 0 Å². The van der Waals surface area contributed by atoms with Gasteiger partial charge >= 0.3 is 5.97 Å². The van der Waals surface area contributed by atoms with Crippen LogP contribution in [0.5, 0.6) is 0 Å². The maximum Gasteiger partial charge on any atom is 0.308 e. The third-order valence-electron chi connectivity index (χ3n) is 3.98. The Kier molecular flexibility index (Phi) is 4.82. The molecule has 0 aromatic rings. The molecule has 0 heterocycles. The van der Waals surface area contributed by atoms with Crippen molar-refractivity contribution in [3.05, 3.63) is 0 Å². The van der Waals surface area contributed by atoms with Crippen LogP contribution in [0, 0.1) is 11.8 Å². The van der Waals surface area contributed by atoms with Gasteiger partial charge in [0.25, 0.3) is 0 Å². The lowest BCUT2D eigenvalue weighted by atomic mass is 9.76. The summed E-state index contributed by atoms with van der Waals surface area (Å²) in [5.41, 5.74) is -0.234. The largest absolute Gasteiger partial charge is 0.459 e. The van der Waals surface area contributed by atoms with E-state index < -0.39 is 0 Å². The van der Waals surface area contributed by atoms with Crippen molar-refractivity contribution in [1.82, 2.24) is 0 Å². The van der Waals surface area contributed by atoms with Gasteiger partial charge in [-0.15, -0.1) is 0 Å². The van der Waals surface area contributed by atoms with E-state index in [0.29, 0.717) is 5.92 Å². The highest BCUT2D eigenvalue weighted by atomic mass is 16.6. The van der Waals surface area contributed by atoms with Gasteiger partial charge in [-0.1, -0.05) is 40.0 Å². The molecule has 94 valence electrons. The predicted molar refractivity (Wildman–Crippen MR) is 66.2 cm³/mol. The summed E-state index contributed by atoms with van der Waals surface area (Å²) in [6.45, 7) is 8.05. The summed E-state index contributed by atoms with van der Waals surface area (Å²) in [5, 5.41) is 0. The number of hydrogen-bond acceptors (Lipinski definition) is 2. The molecular formula is C14H26O2. The molecule has 1 saturated carbocycles. The zero-order valence-electron chi connectivity index (χ0n) is 11.2. The minimum Gasteiger partial charge on any atom is -0.459 e. The lowest BCUT2D eigenvalue weighted by Gasteiger charge is -2.39. The van der Waals surface area contributed by atoms with Crippen molar-refractivity contribution in [2.75, 3.05) is 0 Å². The summed E-state index contributed by atoms with van der Waals surface area (Å²) >= 11 is 0. The molecule has 1 rings (SSSR count). The van der Waals surface area contributed by atoms with Gasteiger partial charge in [-0.05, 0) is 32.1 Å². The third-order valence-corrected chi connectivity index (χ3v) is 3.98. The zero-order chi connectivity index (χ0) is 12.2. The molecule has 1 fully saturated rings. The van der Waals surface area contributed by atoms with Gasteiger partial charge in [-0.2, -0.15) is 0 Å². The molecule has 16 heavy (non-hydrogen) atoms. The van der Waals surface area contributed by atoms with Crippen LogP contribution in [-0.2, 0) is 9.53 Å². The van der Waals surface area contributed by atoms with Crippen molar-refractivity contribution in [1.29, 1.82) is 0 Å². The van der Waals surface area contributed by atoms with Crippen LogP contribution in [0.2, 0.25) is 0 Å². The maximum atomic E-state index is 11.7. The van der Waals surface area contributed by atoms with Crippen LogP contribution < -0.4 is 0 Å². The summed E-state index contributed by atoms with van der Waals surface area (Å²) in [5.74, 6) is 0.498. The van der Waals surface area contributed by atoms with E-state index in [2.05, 4.69) is 13.8 Å². The number of esters is 1. The molecular weight excluding hydrogens is 200 g/mol. The first-order valence-corrected chi connectivity index (χ1v) is 6.72. The third kappa shape index (κ3) is 3.23. The SMILES string of the molecule is CCC(C)(OC(=O)C(C)C)C1CCCCC1. The van der Waals surface area contributed by atoms with Gasteiger partial charge < -0.3 is 4.74 Å². The topological polar surface area (TPSA) is 26.3 Å². The molecule has 0 radical (unpaired) electrons. The molecule has 0 aliphatic heterocycles. The Morgan fingerprint density at radius 3 is 2.31 bits per heavy atom. The Labute approximate surface area is 99.8 Å². The van der Waals surface area contributed by atoms with E-state index >= 15 is 0 Å². The molecule has 0 aromatic carbocycles. The van der Waals surface area contributed by atoms with Crippen LogP contribution in [0.1, 0.15) is 66.2 Å². The minimum absolute atomic E-state index is 0.0190. The van der Waals surface area contributed by atoms with Gasteiger partial charge in [-0.25, -0.2) is 0 Å². The molecule has 1 atom stereocenters. The maximum absolute atomic E-state index is 11.7. The van der Waals surface area contributed by atoms with Crippen LogP contribution in [0.15, 0.2) is 0 Å².